The molecule has 0 aliphatic rings. The predicted molar refractivity (Wildman–Crippen MR) is 98.8 cm³/mol. The van der Waals surface area contributed by atoms with E-state index in [9.17, 15) is 9.36 Å². The Bertz CT molecular complexity index is 996. The van der Waals surface area contributed by atoms with Crippen molar-refractivity contribution in [2.45, 2.75) is 6.16 Å². The highest BCUT2D eigenvalue weighted by molar-refractivity contribution is 7.61. The van der Waals surface area contributed by atoms with Crippen LogP contribution in [-0.2, 0) is 24.8 Å². The monoisotopic (exact) mass is 344 g/mol. The van der Waals surface area contributed by atoms with Crippen LogP contribution >= 0.6 is 7.14 Å². The minimum absolute atomic E-state index is 0.0851. The molecule has 0 atom stereocenters. The zero-order valence-corrected chi connectivity index (χ0v) is 15.2. The molecule has 0 aliphatic heterocycles. The number of imidazole rings is 1. The molecular weight excluding hydrogens is 323 g/mol. The van der Waals surface area contributed by atoms with Crippen molar-refractivity contribution in [1.82, 2.24) is 14.1 Å². The number of fused-ring (bicyclic) bond motifs is 1. The Balaban J connectivity index is 1.95. The second-order valence-electron chi connectivity index (χ2n) is 6.48. The highest BCUT2D eigenvalue weighted by atomic mass is 31.2. The molecule has 0 amide bonds. The van der Waals surface area contributed by atoms with E-state index >= 15 is 0 Å². The fraction of sp³-hybridized carbons (Fsp3) is 0.294. The molecule has 0 aliphatic carbocycles. The van der Waals surface area contributed by atoms with Crippen LogP contribution in [-0.4, -0.2) is 27.4 Å². The van der Waals surface area contributed by atoms with Crippen molar-refractivity contribution in [3.8, 4) is 0 Å². The number of benzene rings is 1. The van der Waals surface area contributed by atoms with Gasteiger partial charge in [-0.2, -0.15) is 0 Å². The van der Waals surface area contributed by atoms with Crippen LogP contribution in [0.5, 0.6) is 0 Å². The molecule has 3 rings (SSSR count). The minimum atomic E-state index is -2.08. The van der Waals surface area contributed by atoms with E-state index < -0.39 is 7.14 Å². The molecule has 1 N–H and O–H groups in total. The second kappa shape index (κ2) is 5.95. The number of hydrogen-bond acceptors (Lipinski definition) is 4. The Morgan fingerprint density at radius 1 is 1.08 bits per heavy atom. The van der Waals surface area contributed by atoms with Crippen LogP contribution in [0, 0.1) is 0 Å². The summed E-state index contributed by atoms with van der Waals surface area (Å²) in [7, 11) is 1.40. The lowest BCUT2D eigenvalue weighted by Gasteiger charge is -2.10. The Morgan fingerprint density at radius 3 is 2.38 bits per heavy atom. The Labute approximate surface area is 140 Å². The molecule has 0 spiro atoms. The van der Waals surface area contributed by atoms with Crippen LogP contribution in [0.25, 0.3) is 11.0 Å². The van der Waals surface area contributed by atoms with Gasteiger partial charge in [0.15, 0.2) is 5.82 Å². The third-order valence-corrected chi connectivity index (χ3v) is 5.08. The third-order valence-electron chi connectivity index (χ3n) is 3.95. The Kier molecular flexibility index (Phi) is 4.10. The molecule has 2 heterocycles. The molecule has 0 radical (unpaired) electrons. The molecule has 6 nitrogen and oxygen atoms in total. The summed E-state index contributed by atoms with van der Waals surface area (Å²) < 4.78 is 15.1. The van der Waals surface area contributed by atoms with Crippen LogP contribution in [0.1, 0.15) is 5.56 Å². The van der Waals surface area contributed by atoms with Gasteiger partial charge in [-0.1, -0.05) is 12.1 Å². The van der Waals surface area contributed by atoms with E-state index in [2.05, 4.69) is 10.3 Å². The third kappa shape index (κ3) is 3.15. The summed E-state index contributed by atoms with van der Waals surface area (Å²) in [6.07, 6.45) is 2.28. The number of rotatable bonds is 4. The summed E-state index contributed by atoms with van der Waals surface area (Å²) in [6.45, 7) is 3.58. The highest BCUT2D eigenvalue weighted by Crippen LogP contribution is 2.40. The van der Waals surface area contributed by atoms with Crippen LogP contribution in [0.2, 0.25) is 0 Å². The van der Waals surface area contributed by atoms with Gasteiger partial charge in [0.05, 0.1) is 12.7 Å². The summed E-state index contributed by atoms with van der Waals surface area (Å²) in [4.78, 5) is 16.5. The Morgan fingerprint density at radius 2 is 1.75 bits per heavy atom. The lowest BCUT2D eigenvalue weighted by molar-refractivity contribution is 0.582. The van der Waals surface area contributed by atoms with Crippen LogP contribution in [0.15, 0.2) is 41.3 Å². The van der Waals surface area contributed by atoms with Gasteiger partial charge in [-0.05, 0) is 37.1 Å². The van der Waals surface area contributed by atoms with Gasteiger partial charge >= 0.3 is 5.69 Å². The maximum atomic E-state index is 12.1. The molecule has 0 unspecified atom stereocenters. The van der Waals surface area contributed by atoms with Gasteiger partial charge in [0.1, 0.15) is 5.52 Å². The fourth-order valence-corrected chi connectivity index (χ4v) is 3.92. The number of nitrogens with zero attached hydrogens (tertiary/aromatic N) is 3. The lowest BCUT2D eigenvalue weighted by atomic mass is 10.2. The molecular formula is C17H21N4O2P. The predicted octanol–water partition coefficient (Wildman–Crippen LogP) is 3.14. The zero-order chi connectivity index (χ0) is 17.5. The van der Waals surface area contributed by atoms with Crippen molar-refractivity contribution in [3.63, 3.8) is 0 Å². The van der Waals surface area contributed by atoms with Crippen molar-refractivity contribution < 1.29 is 4.57 Å². The molecule has 126 valence electrons. The lowest BCUT2D eigenvalue weighted by Crippen LogP contribution is -2.19. The Hall–Kier alpha value is -2.33. The molecule has 3 aromatic rings. The summed E-state index contributed by atoms with van der Waals surface area (Å²) in [5.74, 6) is 0.636. The first kappa shape index (κ1) is 16.5. The molecule has 7 heteroatoms. The summed E-state index contributed by atoms with van der Waals surface area (Å²) in [6, 6.07) is 9.63. The normalized spacial score (nSPS) is 11.8. The van der Waals surface area contributed by atoms with Crippen molar-refractivity contribution in [2.75, 3.05) is 18.6 Å². The molecule has 0 fully saturated rings. The molecule has 0 saturated heterocycles. The van der Waals surface area contributed by atoms with E-state index in [0.717, 1.165) is 22.3 Å². The van der Waals surface area contributed by atoms with E-state index in [1.54, 1.807) is 42.8 Å². The van der Waals surface area contributed by atoms with Crippen LogP contribution in [0.3, 0.4) is 0 Å². The van der Waals surface area contributed by atoms with Crippen molar-refractivity contribution >= 4 is 29.7 Å². The highest BCUT2D eigenvalue weighted by Gasteiger charge is 2.13. The second-order valence-corrected chi connectivity index (χ2v) is 9.95. The first-order valence-corrected chi connectivity index (χ1v) is 10.5. The van der Waals surface area contributed by atoms with E-state index in [4.69, 9.17) is 0 Å². The minimum Gasteiger partial charge on any atom is -0.338 e. The molecule has 24 heavy (non-hydrogen) atoms. The SMILES string of the molecule is Cn1c(=O)n(C)c2c(Nc3ccc(CP(C)(C)=O)cc3)nccc21. The number of nitrogens with one attached hydrogen (secondary N) is 1. The number of hydrogen-bond donors (Lipinski definition) is 1. The largest absolute Gasteiger partial charge is 0.338 e. The van der Waals surface area contributed by atoms with Gasteiger partial charge < -0.3 is 9.88 Å². The number of aryl methyl sites for hydroxylation is 2. The summed E-state index contributed by atoms with van der Waals surface area (Å²) in [5, 5.41) is 3.27. The van der Waals surface area contributed by atoms with Gasteiger partial charge in [-0.15, -0.1) is 0 Å². The zero-order valence-electron chi connectivity index (χ0n) is 14.3. The average molecular weight is 344 g/mol. The number of anilines is 2. The molecule has 0 saturated carbocycles. The first-order valence-electron chi connectivity index (χ1n) is 7.66. The van der Waals surface area contributed by atoms with E-state index in [1.807, 2.05) is 30.3 Å². The maximum Gasteiger partial charge on any atom is 0.328 e. The van der Waals surface area contributed by atoms with Crippen molar-refractivity contribution in [3.05, 3.63) is 52.6 Å². The topological polar surface area (TPSA) is 68.9 Å². The first-order chi connectivity index (χ1) is 11.3. The van der Waals surface area contributed by atoms with E-state index in [1.165, 1.54) is 0 Å². The number of aromatic nitrogens is 3. The van der Waals surface area contributed by atoms with Crippen molar-refractivity contribution in [1.29, 1.82) is 0 Å². The standard InChI is InChI=1S/C17H21N4O2P/c1-20-14-9-10-18-16(15(14)21(2)17(20)22)19-13-7-5-12(6-8-13)11-24(3,4)23/h5-10H,11H2,1-4H3,(H,18,19). The molecule has 1 aromatic carbocycles. The van der Waals surface area contributed by atoms with Crippen LogP contribution in [0.4, 0.5) is 11.5 Å². The van der Waals surface area contributed by atoms with E-state index in [0.29, 0.717) is 12.0 Å². The quantitative estimate of drug-likeness (QED) is 0.738. The van der Waals surface area contributed by atoms with Gasteiger partial charge in [0, 0.05) is 32.1 Å². The summed E-state index contributed by atoms with van der Waals surface area (Å²) in [5.41, 5.74) is 3.43. The molecule has 2 aromatic heterocycles. The van der Waals surface area contributed by atoms with E-state index in [-0.39, 0.29) is 5.69 Å². The van der Waals surface area contributed by atoms with Gasteiger partial charge in [0.25, 0.3) is 0 Å². The molecule has 0 bridgehead atoms. The maximum absolute atomic E-state index is 12.1. The van der Waals surface area contributed by atoms with Gasteiger partial charge in [-0.3, -0.25) is 9.13 Å². The van der Waals surface area contributed by atoms with Crippen LogP contribution < -0.4 is 11.0 Å². The average Bonchev–Trinajstić information content (AvgIpc) is 2.74. The van der Waals surface area contributed by atoms with Gasteiger partial charge in [0.2, 0.25) is 0 Å². The summed E-state index contributed by atoms with van der Waals surface area (Å²) >= 11 is 0. The fourth-order valence-electron chi connectivity index (χ4n) is 2.83. The van der Waals surface area contributed by atoms with Gasteiger partial charge in [-0.25, -0.2) is 9.78 Å². The smallest absolute Gasteiger partial charge is 0.328 e. The number of pyridine rings is 1. The van der Waals surface area contributed by atoms with Crippen molar-refractivity contribution in [2.24, 2.45) is 14.1 Å².